The molecule has 1 aliphatic carbocycles. The highest BCUT2D eigenvalue weighted by molar-refractivity contribution is 5.40. The normalized spacial score (nSPS) is 24.3. The molecule has 1 aromatic carbocycles. The Balaban J connectivity index is 2.30. The average Bonchev–Trinajstić information content (AvgIpc) is 2.42. The molecule has 118 valence electrons. The van der Waals surface area contributed by atoms with Crippen LogP contribution in [-0.2, 0) is 0 Å². The molecule has 3 unspecified atom stereocenters. The van der Waals surface area contributed by atoms with E-state index in [4.69, 9.17) is 5.73 Å². The van der Waals surface area contributed by atoms with Gasteiger partial charge in [-0.1, -0.05) is 37.5 Å². The molecule has 1 saturated carbocycles. The molecule has 0 radical (unpaired) electrons. The Bertz CT molecular complexity index is 457. The van der Waals surface area contributed by atoms with Crippen LogP contribution in [0.3, 0.4) is 0 Å². The highest BCUT2D eigenvalue weighted by atomic mass is 15.2. The summed E-state index contributed by atoms with van der Waals surface area (Å²) < 4.78 is 0. The van der Waals surface area contributed by atoms with Crippen LogP contribution in [0.4, 0.5) is 0 Å². The van der Waals surface area contributed by atoms with Crippen molar-refractivity contribution in [3.8, 4) is 0 Å². The maximum absolute atomic E-state index is 6.19. The standard InChI is InChI=1S/C19H32N2/c1-13-10-15(3)19(16(4)11-13)18(12-20)21(5)17-9-7-6-8-14(17)2/h10-11,14,17-18H,6-9,12,20H2,1-5H3. The summed E-state index contributed by atoms with van der Waals surface area (Å²) in [7, 11) is 2.28. The zero-order chi connectivity index (χ0) is 15.6. The molecular weight excluding hydrogens is 256 g/mol. The van der Waals surface area contributed by atoms with E-state index in [1.807, 2.05) is 0 Å². The summed E-state index contributed by atoms with van der Waals surface area (Å²) in [6.07, 6.45) is 5.43. The molecule has 2 nitrogen and oxygen atoms in total. The van der Waals surface area contributed by atoms with Crippen molar-refractivity contribution < 1.29 is 0 Å². The van der Waals surface area contributed by atoms with Gasteiger partial charge in [0.05, 0.1) is 0 Å². The predicted octanol–water partition coefficient (Wildman–Crippen LogP) is 4.12. The van der Waals surface area contributed by atoms with E-state index in [1.165, 1.54) is 47.9 Å². The van der Waals surface area contributed by atoms with E-state index < -0.39 is 0 Å². The van der Waals surface area contributed by atoms with Crippen LogP contribution in [0, 0.1) is 26.7 Å². The van der Waals surface area contributed by atoms with Gasteiger partial charge in [-0.3, -0.25) is 4.90 Å². The third-order valence-electron chi connectivity index (χ3n) is 5.38. The highest BCUT2D eigenvalue weighted by Crippen LogP contribution is 2.34. The fourth-order valence-electron chi connectivity index (χ4n) is 4.34. The maximum Gasteiger partial charge on any atom is 0.0475 e. The Kier molecular flexibility index (Phi) is 5.45. The molecule has 0 bridgehead atoms. The van der Waals surface area contributed by atoms with Crippen molar-refractivity contribution in [3.63, 3.8) is 0 Å². The van der Waals surface area contributed by atoms with Gasteiger partial charge in [-0.15, -0.1) is 0 Å². The number of hydrogen-bond acceptors (Lipinski definition) is 2. The van der Waals surface area contributed by atoms with E-state index in [9.17, 15) is 0 Å². The molecular formula is C19H32N2. The first-order valence-electron chi connectivity index (χ1n) is 8.45. The number of hydrogen-bond donors (Lipinski definition) is 1. The smallest absolute Gasteiger partial charge is 0.0475 e. The number of nitrogens with two attached hydrogens (primary N) is 1. The Labute approximate surface area is 130 Å². The van der Waals surface area contributed by atoms with Gasteiger partial charge in [0.15, 0.2) is 0 Å². The van der Waals surface area contributed by atoms with Gasteiger partial charge in [0, 0.05) is 18.6 Å². The van der Waals surface area contributed by atoms with Gasteiger partial charge in [0.1, 0.15) is 0 Å². The van der Waals surface area contributed by atoms with Crippen LogP contribution in [0.15, 0.2) is 12.1 Å². The van der Waals surface area contributed by atoms with Gasteiger partial charge in [-0.2, -0.15) is 0 Å². The quantitative estimate of drug-likeness (QED) is 0.903. The third-order valence-corrected chi connectivity index (χ3v) is 5.38. The van der Waals surface area contributed by atoms with Gasteiger partial charge in [-0.25, -0.2) is 0 Å². The van der Waals surface area contributed by atoms with Crippen molar-refractivity contribution >= 4 is 0 Å². The molecule has 0 spiro atoms. The molecule has 0 heterocycles. The molecule has 21 heavy (non-hydrogen) atoms. The molecule has 2 N–H and O–H groups in total. The van der Waals surface area contributed by atoms with Crippen LogP contribution >= 0.6 is 0 Å². The van der Waals surface area contributed by atoms with Gasteiger partial charge in [0.25, 0.3) is 0 Å². The lowest BCUT2D eigenvalue weighted by Gasteiger charge is -2.41. The molecule has 0 aliphatic heterocycles. The second kappa shape index (κ2) is 6.93. The van der Waals surface area contributed by atoms with Crippen molar-refractivity contribution in [2.45, 2.75) is 65.5 Å². The Morgan fingerprint density at radius 2 is 1.71 bits per heavy atom. The summed E-state index contributed by atoms with van der Waals surface area (Å²) >= 11 is 0. The topological polar surface area (TPSA) is 29.3 Å². The Morgan fingerprint density at radius 3 is 2.24 bits per heavy atom. The van der Waals surface area contributed by atoms with Gasteiger partial charge < -0.3 is 5.73 Å². The lowest BCUT2D eigenvalue weighted by atomic mass is 9.83. The monoisotopic (exact) mass is 288 g/mol. The van der Waals surface area contributed by atoms with Crippen molar-refractivity contribution in [2.75, 3.05) is 13.6 Å². The van der Waals surface area contributed by atoms with Crippen LogP contribution in [0.1, 0.15) is 60.9 Å². The minimum Gasteiger partial charge on any atom is -0.329 e. The van der Waals surface area contributed by atoms with Crippen LogP contribution in [-0.4, -0.2) is 24.5 Å². The van der Waals surface area contributed by atoms with E-state index in [2.05, 4.69) is 51.8 Å². The molecule has 3 atom stereocenters. The lowest BCUT2D eigenvalue weighted by molar-refractivity contribution is 0.0986. The summed E-state index contributed by atoms with van der Waals surface area (Å²) in [4.78, 5) is 2.56. The molecule has 1 aliphatic rings. The lowest BCUT2D eigenvalue weighted by Crippen LogP contribution is -2.43. The fraction of sp³-hybridized carbons (Fsp3) is 0.684. The first-order chi connectivity index (χ1) is 9.95. The fourth-order valence-corrected chi connectivity index (χ4v) is 4.34. The second-order valence-electron chi connectivity index (χ2n) is 7.06. The van der Waals surface area contributed by atoms with Crippen LogP contribution in [0.2, 0.25) is 0 Å². The molecule has 0 saturated heterocycles. The van der Waals surface area contributed by atoms with E-state index >= 15 is 0 Å². The minimum atomic E-state index is 0.344. The number of aryl methyl sites for hydroxylation is 3. The third kappa shape index (κ3) is 3.49. The summed E-state index contributed by atoms with van der Waals surface area (Å²) in [5, 5.41) is 0. The van der Waals surface area contributed by atoms with E-state index in [0.29, 0.717) is 18.6 Å². The number of nitrogens with zero attached hydrogens (tertiary/aromatic N) is 1. The summed E-state index contributed by atoms with van der Waals surface area (Å²) in [5.41, 5.74) is 11.8. The van der Waals surface area contributed by atoms with Gasteiger partial charge in [0.2, 0.25) is 0 Å². The van der Waals surface area contributed by atoms with Crippen molar-refractivity contribution in [1.29, 1.82) is 0 Å². The molecule has 2 rings (SSSR count). The van der Waals surface area contributed by atoms with Gasteiger partial charge >= 0.3 is 0 Å². The number of benzene rings is 1. The van der Waals surface area contributed by atoms with E-state index in [1.54, 1.807) is 0 Å². The SMILES string of the molecule is Cc1cc(C)c(C(CN)N(C)C2CCCCC2C)c(C)c1. The van der Waals surface area contributed by atoms with Gasteiger partial charge in [-0.05, 0) is 63.3 Å². The zero-order valence-corrected chi connectivity index (χ0v) is 14.4. The van der Waals surface area contributed by atoms with Crippen molar-refractivity contribution in [2.24, 2.45) is 11.7 Å². The first kappa shape index (κ1) is 16.5. The highest BCUT2D eigenvalue weighted by Gasteiger charge is 2.30. The largest absolute Gasteiger partial charge is 0.329 e. The molecule has 1 fully saturated rings. The zero-order valence-electron chi connectivity index (χ0n) is 14.4. The van der Waals surface area contributed by atoms with Crippen LogP contribution < -0.4 is 5.73 Å². The Morgan fingerprint density at radius 1 is 1.14 bits per heavy atom. The minimum absolute atomic E-state index is 0.344. The van der Waals surface area contributed by atoms with Crippen molar-refractivity contribution in [1.82, 2.24) is 4.90 Å². The summed E-state index contributed by atoms with van der Waals surface area (Å²) in [6.45, 7) is 9.74. The number of likely N-dealkylation sites (N-methyl/N-ethyl adjacent to an activating group) is 1. The maximum atomic E-state index is 6.19. The summed E-state index contributed by atoms with van der Waals surface area (Å²) in [5.74, 6) is 0.781. The number of rotatable bonds is 4. The van der Waals surface area contributed by atoms with E-state index in [-0.39, 0.29) is 0 Å². The molecule has 1 aromatic rings. The Hall–Kier alpha value is -0.860. The second-order valence-corrected chi connectivity index (χ2v) is 7.06. The van der Waals surface area contributed by atoms with Crippen LogP contribution in [0.25, 0.3) is 0 Å². The average molecular weight is 288 g/mol. The molecule has 2 heteroatoms. The molecule has 0 aromatic heterocycles. The summed E-state index contributed by atoms with van der Waals surface area (Å²) in [6, 6.07) is 5.61. The van der Waals surface area contributed by atoms with E-state index in [0.717, 1.165) is 5.92 Å². The predicted molar refractivity (Wildman–Crippen MR) is 91.6 cm³/mol. The molecule has 0 amide bonds. The van der Waals surface area contributed by atoms with Crippen molar-refractivity contribution in [3.05, 3.63) is 34.4 Å². The van der Waals surface area contributed by atoms with Crippen LogP contribution in [0.5, 0.6) is 0 Å². The first-order valence-corrected chi connectivity index (χ1v) is 8.45.